The molecule has 0 radical (unpaired) electrons. The number of amides is 2. The largest absolute Gasteiger partial charge is 0.338 e. The average molecular weight is 278 g/mol. The first kappa shape index (κ1) is 14.3. The molecule has 7 nitrogen and oxygen atoms in total. The Morgan fingerprint density at radius 1 is 1.40 bits per heavy atom. The number of nitro benzene ring substituents is 1. The highest BCUT2D eigenvalue weighted by Gasteiger charge is 2.14. The number of carbonyl (C=O) groups excluding carboxylic acids is 1. The summed E-state index contributed by atoms with van der Waals surface area (Å²) in [6, 6.07) is 5.46. The van der Waals surface area contributed by atoms with Gasteiger partial charge in [-0.1, -0.05) is 0 Å². The van der Waals surface area contributed by atoms with E-state index in [4.69, 9.17) is 0 Å². The normalized spacial score (nSPS) is 17.7. The van der Waals surface area contributed by atoms with Gasteiger partial charge in [0.1, 0.15) is 0 Å². The van der Waals surface area contributed by atoms with Gasteiger partial charge in [0.05, 0.1) is 4.92 Å². The van der Waals surface area contributed by atoms with E-state index >= 15 is 0 Å². The van der Waals surface area contributed by atoms with Crippen molar-refractivity contribution in [2.75, 3.05) is 25.0 Å². The highest BCUT2D eigenvalue weighted by atomic mass is 16.6. The van der Waals surface area contributed by atoms with Crippen LogP contribution in [-0.2, 0) is 0 Å². The van der Waals surface area contributed by atoms with E-state index in [2.05, 4.69) is 16.0 Å². The van der Waals surface area contributed by atoms with Gasteiger partial charge in [0.2, 0.25) is 0 Å². The lowest BCUT2D eigenvalue weighted by molar-refractivity contribution is -0.384. The van der Waals surface area contributed by atoms with Gasteiger partial charge in [-0.3, -0.25) is 10.1 Å². The lowest BCUT2D eigenvalue weighted by Crippen LogP contribution is -2.30. The van der Waals surface area contributed by atoms with Crippen LogP contribution in [0.2, 0.25) is 0 Å². The zero-order valence-electron chi connectivity index (χ0n) is 11.1. The van der Waals surface area contributed by atoms with Crippen molar-refractivity contribution in [2.45, 2.75) is 12.8 Å². The van der Waals surface area contributed by atoms with Gasteiger partial charge >= 0.3 is 6.03 Å². The van der Waals surface area contributed by atoms with E-state index in [1.54, 1.807) is 0 Å². The van der Waals surface area contributed by atoms with Crippen LogP contribution in [0.1, 0.15) is 12.8 Å². The summed E-state index contributed by atoms with van der Waals surface area (Å²) in [5, 5.41) is 19.2. The van der Waals surface area contributed by atoms with E-state index in [9.17, 15) is 14.9 Å². The summed E-state index contributed by atoms with van der Waals surface area (Å²) in [7, 11) is 0. The summed E-state index contributed by atoms with van der Waals surface area (Å²) in [4.78, 5) is 21.7. The Morgan fingerprint density at radius 2 is 2.15 bits per heavy atom. The number of nitrogens with zero attached hydrogens (tertiary/aromatic N) is 1. The van der Waals surface area contributed by atoms with Crippen LogP contribution in [0.4, 0.5) is 16.2 Å². The third-order valence-electron chi connectivity index (χ3n) is 3.34. The molecular weight excluding hydrogens is 260 g/mol. The highest BCUT2D eigenvalue weighted by Crippen LogP contribution is 2.15. The Labute approximate surface area is 116 Å². The van der Waals surface area contributed by atoms with Crippen molar-refractivity contribution in [1.29, 1.82) is 0 Å². The van der Waals surface area contributed by atoms with E-state index < -0.39 is 4.92 Å². The second-order valence-corrected chi connectivity index (χ2v) is 4.83. The third kappa shape index (κ3) is 4.20. The first-order valence-electron chi connectivity index (χ1n) is 6.65. The number of carbonyl (C=O) groups is 1. The van der Waals surface area contributed by atoms with Crippen LogP contribution in [0.3, 0.4) is 0 Å². The molecule has 1 unspecified atom stereocenters. The number of benzene rings is 1. The minimum atomic E-state index is -0.473. The molecule has 20 heavy (non-hydrogen) atoms. The Bertz CT molecular complexity index is 469. The molecule has 108 valence electrons. The summed E-state index contributed by atoms with van der Waals surface area (Å²) >= 11 is 0. The van der Waals surface area contributed by atoms with Gasteiger partial charge in [-0.05, 0) is 44.0 Å². The van der Waals surface area contributed by atoms with Crippen LogP contribution in [0.25, 0.3) is 0 Å². The predicted molar refractivity (Wildman–Crippen MR) is 75.7 cm³/mol. The van der Waals surface area contributed by atoms with Crippen molar-refractivity contribution < 1.29 is 9.72 Å². The monoisotopic (exact) mass is 278 g/mol. The maximum absolute atomic E-state index is 11.6. The van der Waals surface area contributed by atoms with Crippen LogP contribution in [0.15, 0.2) is 24.3 Å². The SMILES string of the molecule is O=C(NCCC1CCNC1)Nc1ccc([N+](=O)[O-])cc1. The van der Waals surface area contributed by atoms with E-state index in [1.807, 2.05) is 0 Å². The van der Waals surface area contributed by atoms with Crippen LogP contribution < -0.4 is 16.0 Å². The van der Waals surface area contributed by atoms with Crippen molar-refractivity contribution in [3.05, 3.63) is 34.4 Å². The second kappa shape index (κ2) is 6.85. The Kier molecular flexibility index (Phi) is 4.89. The Balaban J connectivity index is 1.71. The minimum absolute atomic E-state index is 0.00434. The first-order valence-corrected chi connectivity index (χ1v) is 6.65. The molecule has 1 aliphatic rings. The Hall–Kier alpha value is -2.15. The molecule has 7 heteroatoms. The molecular formula is C13H18N4O3. The van der Waals surface area contributed by atoms with E-state index in [1.165, 1.54) is 24.3 Å². The molecule has 1 aliphatic heterocycles. The van der Waals surface area contributed by atoms with Gasteiger partial charge in [-0.2, -0.15) is 0 Å². The summed E-state index contributed by atoms with van der Waals surface area (Å²) in [6.07, 6.45) is 2.12. The number of rotatable bonds is 5. The van der Waals surface area contributed by atoms with E-state index in [0.29, 0.717) is 18.2 Å². The Morgan fingerprint density at radius 3 is 2.75 bits per heavy atom. The lowest BCUT2D eigenvalue weighted by atomic mass is 10.1. The number of nitro groups is 1. The zero-order chi connectivity index (χ0) is 14.4. The second-order valence-electron chi connectivity index (χ2n) is 4.83. The van der Waals surface area contributed by atoms with Crippen molar-refractivity contribution in [1.82, 2.24) is 10.6 Å². The number of nitrogens with one attached hydrogen (secondary N) is 3. The quantitative estimate of drug-likeness (QED) is 0.564. The lowest BCUT2D eigenvalue weighted by Gasteiger charge is -2.10. The van der Waals surface area contributed by atoms with Crippen molar-refractivity contribution >= 4 is 17.4 Å². The molecule has 0 aromatic heterocycles. The molecule has 1 saturated heterocycles. The fourth-order valence-corrected chi connectivity index (χ4v) is 2.19. The molecule has 0 aliphatic carbocycles. The van der Waals surface area contributed by atoms with Gasteiger partial charge in [0.15, 0.2) is 0 Å². The van der Waals surface area contributed by atoms with Gasteiger partial charge < -0.3 is 16.0 Å². The molecule has 0 spiro atoms. The number of hydrogen-bond acceptors (Lipinski definition) is 4. The molecule has 1 aromatic rings. The van der Waals surface area contributed by atoms with Gasteiger partial charge in [-0.15, -0.1) is 0 Å². The standard InChI is InChI=1S/C13H18N4O3/c18-13(15-8-6-10-5-7-14-9-10)16-11-1-3-12(4-2-11)17(19)20/h1-4,10,14H,5-9H2,(H2,15,16,18). The van der Waals surface area contributed by atoms with Crippen LogP contribution in [0.5, 0.6) is 0 Å². The average Bonchev–Trinajstić information content (AvgIpc) is 2.92. The fourth-order valence-electron chi connectivity index (χ4n) is 2.19. The minimum Gasteiger partial charge on any atom is -0.338 e. The molecule has 2 amide bonds. The maximum Gasteiger partial charge on any atom is 0.319 e. The summed E-state index contributed by atoms with van der Waals surface area (Å²) in [6.45, 7) is 2.70. The van der Waals surface area contributed by atoms with Gasteiger partial charge in [0.25, 0.3) is 5.69 Å². The van der Waals surface area contributed by atoms with E-state index in [0.717, 1.165) is 25.9 Å². The first-order chi connectivity index (χ1) is 9.65. The molecule has 0 bridgehead atoms. The molecule has 2 rings (SSSR count). The van der Waals surface area contributed by atoms with Crippen molar-refractivity contribution in [3.63, 3.8) is 0 Å². The number of anilines is 1. The number of urea groups is 1. The van der Waals surface area contributed by atoms with Crippen LogP contribution in [-0.4, -0.2) is 30.6 Å². The molecule has 1 atom stereocenters. The predicted octanol–water partition coefficient (Wildman–Crippen LogP) is 1.72. The number of non-ortho nitro benzene ring substituents is 1. The zero-order valence-corrected chi connectivity index (χ0v) is 11.1. The summed E-state index contributed by atoms with van der Waals surface area (Å²) in [5.74, 6) is 0.634. The van der Waals surface area contributed by atoms with Crippen LogP contribution in [0, 0.1) is 16.0 Å². The van der Waals surface area contributed by atoms with Crippen LogP contribution >= 0.6 is 0 Å². The van der Waals surface area contributed by atoms with E-state index in [-0.39, 0.29) is 11.7 Å². The summed E-state index contributed by atoms with van der Waals surface area (Å²) in [5.41, 5.74) is 0.542. The molecule has 1 heterocycles. The maximum atomic E-state index is 11.6. The molecule has 0 saturated carbocycles. The smallest absolute Gasteiger partial charge is 0.319 e. The molecule has 1 aromatic carbocycles. The molecule has 1 fully saturated rings. The van der Waals surface area contributed by atoms with Gasteiger partial charge in [0, 0.05) is 24.4 Å². The third-order valence-corrected chi connectivity index (χ3v) is 3.34. The van der Waals surface area contributed by atoms with Crippen molar-refractivity contribution in [2.24, 2.45) is 5.92 Å². The number of hydrogen-bond donors (Lipinski definition) is 3. The highest BCUT2D eigenvalue weighted by molar-refractivity contribution is 5.89. The van der Waals surface area contributed by atoms with Crippen molar-refractivity contribution in [3.8, 4) is 0 Å². The summed E-state index contributed by atoms with van der Waals surface area (Å²) < 4.78 is 0. The molecule has 3 N–H and O–H groups in total. The van der Waals surface area contributed by atoms with Gasteiger partial charge in [-0.25, -0.2) is 4.79 Å². The topological polar surface area (TPSA) is 96.3 Å². The fraction of sp³-hybridized carbons (Fsp3) is 0.462.